The first kappa shape index (κ1) is 30.0. The standard InChI is InChI=1S/C27H30O15/c1-8-19(33)22(36)24(38)27(39-8)42-26-23(37)20(34)16(7-28)41-25(26)18-13(32)6-15-17(21(18)35)12(31)5-14(40-15)9-2-3-10(29)11(30)4-9/h2-6,8,16,19-20,22-30,32-38H,7H2,1H3/t8-,16+,19-,20+,22-,23-,24+,25-,26+,27-/m0/s1. The van der Waals surface area contributed by atoms with Crippen molar-refractivity contribution in [3.8, 4) is 34.3 Å². The molecule has 10 N–H and O–H groups in total. The molecule has 15 heteroatoms. The van der Waals surface area contributed by atoms with Gasteiger partial charge in [0.15, 0.2) is 23.2 Å². The van der Waals surface area contributed by atoms with Crippen LogP contribution in [-0.4, -0.2) is 113 Å². The van der Waals surface area contributed by atoms with Crippen LogP contribution in [0.4, 0.5) is 0 Å². The van der Waals surface area contributed by atoms with Crippen LogP contribution in [0, 0.1) is 0 Å². The highest BCUT2D eigenvalue weighted by molar-refractivity contribution is 5.88. The van der Waals surface area contributed by atoms with E-state index in [9.17, 15) is 55.9 Å². The van der Waals surface area contributed by atoms with E-state index in [1.165, 1.54) is 13.0 Å². The van der Waals surface area contributed by atoms with Gasteiger partial charge in [0.25, 0.3) is 0 Å². The zero-order valence-electron chi connectivity index (χ0n) is 21.9. The lowest BCUT2D eigenvalue weighted by Gasteiger charge is -2.46. The molecular weight excluding hydrogens is 564 g/mol. The topological polar surface area (TPSA) is 260 Å². The highest BCUT2D eigenvalue weighted by Crippen LogP contribution is 2.46. The van der Waals surface area contributed by atoms with E-state index in [1.807, 2.05) is 0 Å². The van der Waals surface area contributed by atoms with Gasteiger partial charge in [-0.1, -0.05) is 0 Å². The SMILES string of the molecule is C[C@@H]1O[C@@H](O[C@@H]2[C@@H](O)[C@H](O)[C@@H](CO)O[C@H]2c2c(O)cc3oc(-c4ccc(O)c(O)c4)cc(=O)c3c2O)[C@H](O)[C@@H](O)[C@H]1O. The molecule has 5 rings (SSSR count). The number of fused-ring (bicyclic) bond motifs is 1. The molecule has 0 unspecified atom stereocenters. The molecule has 3 aromatic rings. The van der Waals surface area contributed by atoms with E-state index in [4.69, 9.17) is 18.6 Å². The van der Waals surface area contributed by atoms with Gasteiger partial charge in [0.2, 0.25) is 0 Å². The van der Waals surface area contributed by atoms with Crippen LogP contribution in [0.3, 0.4) is 0 Å². The third-order valence-corrected chi connectivity index (χ3v) is 7.52. The summed E-state index contributed by atoms with van der Waals surface area (Å²) in [5, 5.41) is 103. The largest absolute Gasteiger partial charge is 0.507 e. The smallest absolute Gasteiger partial charge is 0.197 e. The van der Waals surface area contributed by atoms with Gasteiger partial charge >= 0.3 is 0 Å². The summed E-state index contributed by atoms with van der Waals surface area (Å²) < 4.78 is 22.5. The van der Waals surface area contributed by atoms with Crippen molar-refractivity contribution >= 4 is 11.0 Å². The van der Waals surface area contributed by atoms with Gasteiger partial charge in [-0.25, -0.2) is 0 Å². The lowest BCUT2D eigenvalue weighted by Crippen LogP contribution is -2.61. The van der Waals surface area contributed by atoms with Gasteiger partial charge in [-0.3, -0.25) is 4.79 Å². The van der Waals surface area contributed by atoms with Gasteiger partial charge in [-0.05, 0) is 25.1 Å². The Balaban J connectivity index is 1.59. The summed E-state index contributed by atoms with van der Waals surface area (Å²) in [6.45, 7) is 0.568. The molecule has 2 saturated heterocycles. The van der Waals surface area contributed by atoms with Crippen molar-refractivity contribution in [1.29, 1.82) is 0 Å². The summed E-state index contributed by atoms with van der Waals surface area (Å²) >= 11 is 0. The van der Waals surface area contributed by atoms with Gasteiger partial charge in [0, 0.05) is 17.7 Å². The Morgan fingerprint density at radius 2 is 1.52 bits per heavy atom. The molecule has 10 atom stereocenters. The lowest BCUT2D eigenvalue weighted by atomic mass is 9.89. The van der Waals surface area contributed by atoms with Crippen molar-refractivity contribution < 1.29 is 69.7 Å². The number of aliphatic hydroxyl groups is 6. The maximum atomic E-state index is 13.2. The summed E-state index contributed by atoms with van der Waals surface area (Å²) in [6, 6.07) is 5.60. The van der Waals surface area contributed by atoms with Crippen LogP contribution in [0.25, 0.3) is 22.3 Å². The average Bonchev–Trinajstić information content (AvgIpc) is 2.94. The maximum absolute atomic E-state index is 13.2. The van der Waals surface area contributed by atoms with Gasteiger partial charge < -0.3 is 69.7 Å². The van der Waals surface area contributed by atoms with Crippen molar-refractivity contribution in [3.05, 3.63) is 46.1 Å². The van der Waals surface area contributed by atoms with Gasteiger partial charge in [-0.15, -0.1) is 0 Å². The Kier molecular flexibility index (Phi) is 8.06. The van der Waals surface area contributed by atoms with E-state index in [0.717, 1.165) is 24.3 Å². The zero-order valence-corrected chi connectivity index (χ0v) is 21.9. The number of ether oxygens (including phenoxy) is 3. The number of hydrogen-bond donors (Lipinski definition) is 10. The van der Waals surface area contributed by atoms with Crippen molar-refractivity contribution in [3.63, 3.8) is 0 Å². The lowest BCUT2D eigenvalue weighted by molar-refractivity contribution is -0.338. The first-order valence-electron chi connectivity index (χ1n) is 12.9. The van der Waals surface area contributed by atoms with E-state index < -0.39 is 107 Å². The van der Waals surface area contributed by atoms with Crippen LogP contribution in [0.2, 0.25) is 0 Å². The fraction of sp³-hybridized carbons (Fsp3) is 0.444. The minimum absolute atomic E-state index is 0.0818. The van der Waals surface area contributed by atoms with Crippen molar-refractivity contribution in [2.24, 2.45) is 0 Å². The predicted octanol–water partition coefficient (Wildman–Crippen LogP) is -1.35. The van der Waals surface area contributed by atoms with Crippen LogP contribution in [-0.2, 0) is 14.2 Å². The number of phenols is 4. The number of benzene rings is 2. The van der Waals surface area contributed by atoms with Crippen LogP contribution in [0.1, 0.15) is 18.6 Å². The Labute approximate surface area is 236 Å². The van der Waals surface area contributed by atoms with E-state index in [-0.39, 0.29) is 16.9 Å². The summed E-state index contributed by atoms with van der Waals surface area (Å²) in [5.41, 5.74) is -1.42. The molecule has 0 amide bonds. The second kappa shape index (κ2) is 11.3. The number of aromatic hydroxyl groups is 4. The Morgan fingerprint density at radius 1 is 0.810 bits per heavy atom. The Bertz CT molecular complexity index is 1520. The molecule has 0 saturated carbocycles. The van der Waals surface area contributed by atoms with E-state index >= 15 is 0 Å². The third-order valence-electron chi connectivity index (χ3n) is 7.52. The Morgan fingerprint density at radius 3 is 2.19 bits per heavy atom. The molecule has 0 bridgehead atoms. The summed E-state index contributed by atoms with van der Waals surface area (Å²) in [4.78, 5) is 13.2. The molecule has 0 spiro atoms. The number of rotatable bonds is 5. The fourth-order valence-electron chi connectivity index (χ4n) is 5.16. The molecule has 2 aromatic carbocycles. The maximum Gasteiger partial charge on any atom is 0.197 e. The number of phenolic OH excluding ortho intramolecular Hbond substituents is 4. The quantitative estimate of drug-likeness (QED) is 0.153. The van der Waals surface area contributed by atoms with Gasteiger partial charge in [-0.2, -0.15) is 0 Å². The molecule has 0 aliphatic carbocycles. The minimum Gasteiger partial charge on any atom is -0.507 e. The monoisotopic (exact) mass is 594 g/mol. The van der Waals surface area contributed by atoms with Crippen LogP contribution in [0.15, 0.2) is 39.5 Å². The van der Waals surface area contributed by atoms with E-state index in [2.05, 4.69) is 0 Å². The highest BCUT2D eigenvalue weighted by Gasteiger charge is 2.51. The molecule has 1 aromatic heterocycles. The van der Waals surface area contributed by atoms with Gasteiger partial charge in [0.1, 0.15) is 77.1 Å². The van der Waals surface area contributed by atoms with Crippen LogP contribution < -0.4 is 5.43 Å². The Hall–Kier alpha value is -3.51. The first-order chi connectivity index (χ1) is 19.8. The molecule has 2 fully saturated rings. The zero-order chi connectivity index (χ0) is 30.6. The molecule has 0 radical (unpaired) electrons. The summed E-state index contributed by atoms with van der Waals surface area (Å²) in [5.74, 6) is -2.56. The highest BCUT2D eigenvalue weighted by atomic mass is 16.7. The van der Waals surface area contributed by atoms with E-state index in [1.54, 1.807) is 0 Å². The fourth-order valence-corrected chi connectivity index (χ4v) is 5.16. The third kappa shape index (κ3) is 5.04. The molecule has 2 aliphatic heterocycles. The summed E-state index contributed by atoms with van der Waals surface area (Å²) in [7, 11) is 0. The number of aliphatic hydroxyl groups excluding tert-OH is 6. The number of hydrogen-bond acceptors (Lipinski definition) is 15. The van der Waals surface area contributed by atoms with Crippen LogP contribution >= 0.6 is 0 Å². The summed E-state index contributed by atoms with van der Waals surface area (Å²) in [6.07, 6.45) is -16.3. The normalized spacial score (nSPS) is 33.6. The van der Waals surface area contributed by atoms with Crippen molar-refractivity contribution in [1.82, 2.24) is 0 Å². The second-order valence-corrected chi connectivity index (χ2v) is 10.3. The molecule has 228 valence electrons. The second-order valence-electron chi connectivity index (χ2n) is 10.3. The molecule has 2 aliphatic rings. The molecular formula is C27H30O15. The van der Waals surface area contributed by atoms with E-state index in [0.29, 0.717) is 0 Å². The predicted molar refractivity (Wildman–Crippen MR) is 139 cm³/mol. The van der Waals surface area contributed by atoms with Gasteiger partial charge in [0.05, 0.1) is 18.3 Å². The minimum atomic E-state index is -1.88. The van der Waals surface area contributed by atoms with Crippen LogP contribution in [0.5, 0.6) is 23.0 Å². The first-order valence-corrected chi connectivity index (χ1v) is 12.9. The average molecular weight is 595 g/mol. The molecule has 15 nitrogen and oxygen atoms in total. The van der Waals surface area contributed by atoms with Crippen molar-refractivity contribution in [2.75, 3.05) is 6.61 Å². The molecule has 42 heavy (non-hydrogen) atoms. The molecule has 3 heterocycles. The van der Waals surface area contributed by atoms with Crippen molar-refractivity contribution in [2.45, 2.75) is 68.1 Å².